The predicted octanol–water partition coefficient (Wildman–Crippen LogP) is 1.06. The number of carbonyl (C=O) groups excluding carboxylic acids is 3. The Labute approximate surface area is 145 Å². The molecule has 1 aliphatic heterocycles. The highest BCUT2D eigenvalue weighted by molar-refractivity contribution is 6.13. The Morgan fingerprint density at radius 1 is 1.12 bits per heavy atom. The fourth-order valence-electron chi connectivity index (χ4n) is 2.43. The minimum Gasteiger partial charge on any atom is -0.491 e. The maximum Gasteiger partial charge on any atom is 0.308 e. The molecule has 0 bridgehead atoms. The number of carbonyl (C=O) groups is 3. The number of benzene rings is 1. The van der Waals surface area contributed by atoms with Crippen molar-refractivity contribution >= 4 is 17.8 Å². The first-order valence-corrected chi connectivity index (χ1v) is 7.87. The molecule has 0 aromatic heterocycles. The van der Waals surface area contributed by atoms with E-state index in [2.05, 4.69) is 0 Å². The smallest absolute Gasteiger partial charge is 0.308 e. The van der Waals surface area contributed by atoms with Crippen LogP contribution in [0.25, 0.3) is 0 Å². The molecule has 0 radical (unpaired) electrons. The topological polar surface area (TPSA) is 93.1 Å². The number of rotatable bonds is 8. The second-order valence-electron chi connectivity index (χ2n) is 6.30. The first-order chi connectivity index (χ1) is 11.8. The number of aliphatic hydroxyl groups excluding tert-OH is 1. The van der Waals surface area contributed by atoms with E-state index in [-0.39, 0.29) is 19.6 Å². The SMILES string of the molecule is CC(C)(CC(=O)OCC(O)COc1ccccc1)N1C(=O)C=CC1=O. The highest BCUT2D eigenvalue weighted by atomic mass is 16.5. The highest BCUT2D eigenvalue weighted by Crippen LogP contribution is 2.23. The fraction of sp³-hybridized carbons (Fsp3) is 0.389. The summed E-state index contributed by atoms with van der Waals surface area (Å²) in [5.74, 6) is -0.929. The van der Waals surface area contributed by atoms with Crippen molar-refractivity contribution < 1.29 is 29.0 Å². The number of esters is 1. The van der Waals surface area contributed by atoms with E-state index in [1.807, 2.05) is 6.07 Å². The molecule has 1 N–H and O–H groups in total. The molecule has 134 valence electrons. The lowest BCUT2D eigenvalue weighted by atomic mass is 9.98. The van der Waals surface area contributed by atoms with E-state index in [1.165, 1.54) is 12.2 Å². The molecule has 7 heteroatoms. The van der Waals surface area contributed by atoms with Gasteiger partial charge < -0.3 is 14.6 Å². The van der Waals surface area contributed by atoms with Crippen LogP contribution in [-0.4, -0.2) is 52.6 Å². The molecule has 25 heavy (non-hydrogen) atoms. The van der Waals surface area contributed by atoms with Crippen LogP contribution in [0.15, 0.2) is 42.5 Å². The van der Waals surface area contributed by atoms with Gasteiger partial charge in [0.05, 0.1) is 12.0 Å². The average molecular weight is 347 g/mol. The predicted molar refractivity (Wildman–Crippen MR) is 88.6 cm³/mol. The van der Waals surface area contributed by atoms with Gasteiger partial charge in [0.1, 0.15) is 25.1 Å². The number of nitrogens with zero attached hydrogens (tertiary/aromatic N) is 1. The van der Waals surface area contributed by atoms with E-state index < -0.39 is 29.4 Å². The largest absolute Gasteiger partial charge is 0.491 e. The summed E-state index contributed by atoms with van der Waals surface area (Å²) in [6.45, 7) is 2.95. The van der Waals surface area contributed by atoms with Crippen LogP contribution in [0.3, 0.4) is 0 Å². The van der Waals surface area contributed by atoms with Gasteiger partial charge in [-0.2, -0.15) is 0 Å². The summed E-state index contributed by atoms with van der Waals surface area (Å²) in [7, 11) is 0. The molecule has 1 atom stereocenters. The number of hydrogen-bond donors (Lipinski definition) is 1. The van der Waals surface area contributed by atoms with Gasteiger partial charge in [-0.05, 0) is 26.0 Å². The normalized spacial score (nSPS) is 15.4. The lowest BCUT2D eigenvalue weighted by molar-refractivity contribution is -0.153. The van der Waals surface area contributed by atoms with Crippen LogP contribution in [0, 0.1) is 0 Å². The van der Waals surface area contributed by atoms with Gasteiger partial charge in [0.15, 0.2) is 0 Å². The van der Waals surface area contributed by atoms with Crippen LogP contribution in [0.2, 0.25) is 0 Å². The lowest BCUT2D eigenvalue weighted by Crippen LogP contribution is -2.49. The zero-order valence-corrected chi connectivity index (χ0v) is 14.2. The van der Waals surface area contributed by atoms with Gasteiger partial charge in [-0.1, -0.05) is 18.2 Å². The monoisotopic (exact) mass is 347 g/mol. The van der Waals surface area contributed by atoms with E-state index in [0.29, 0.717) is 5.75 Å². The van der Waals surface area contributed by atoms with Crippen LogP contribution in [0.1, 0.15) is 20.3 Å². The Morgan fingerprint density at radius 3 is 2.32 bits per heavy atom. The highest BCUT2D eigenvalue weighted by Gasteiger charge is 2.39. The number of ether oxygens (including phenoxy) is 2. The van der Waals surface area contributed by atoms with Gasteiger partial charge in [-0.25, -0.2) is 0 Å². The molecule has 0 saturated heterocycles. The number of para-hydroxylation sites is 1. The number of imide groups is 1. The minimum absolute atomic E-state index is 0.0201. The van der Waals surface area contributed by atoms with Crippen LogP contribution in [0.4, 0.5) is 0 Å². The van der Waals surface area contributed by atoms with Crippen molar-refractivity contribution in [2.75, 3.05) is 13.2 Å². The summed E-state index contributed by atoms with van der Waals surface area (Å²) in [5, 5.41) is 9.82. The van der Waals surface area contributed by atoms with E-state index in [4.69, 9.17) is 9.47 Å². The van der Waals surface area contributed by atoms with Crippen LogP contribution in [-0.2, 0) is 19.1 Å². The molecular formula is C18H21NO6. The Morgan fingerprint density at radius 2 is 1.72 bits per heavy atom. The molecule has 7 nitrogen and oxygen atoms in total. The zero-order chi connectivity index (χ0) is 18.4. The molecule has 2 amide bonds. The van der Waals surface area contributed by atoms with Gasteiger partial charge in [-0.3, -0.25) is 19.3 Å². The Balaban J connectivity index is 1.76. The maximum absolute atomic E-state index is 12.0. The van der Waals surface area contributed by atoms with Crippen molar-refractivity contribution in [1.29, 1.82) is 0 Å². The average Bonchev–Trinajstić information content (AvgIpc) is 2.91. The Bertz CT molecular complexity index is 649. The van der Waals surface area contributed by atoms with Gasteiger partial charge in [0, 0.05) is 12.2 Å². The van der Waals surface area contributed by atoms with Gasteiger partial charge >= 0.3 is 5.97 Å². The maximum atomic E-state index is 12.0. The summed E-state index contributed by atoms with van der Waals surface area (Å²) in [4.78, 5) is 36.4. The third-order valence-electron chi connectivity index (χ3n) is 3.61. The van der Waals surface area contributed by atoms with E-state index in [0.717, 1.165) is 4.90 Å². The first kappa shape index (κ1) is 18.7. The summed E-state index contributed by atoms with van der Waals surface area (Å²) in [6, 6.07) is 8.95. The molecule has 1 aromatic carbocycles. The fourth-order valence-corrected chi connectivity index (χ4v) is 2.43. The summed E-state index contributed by atoms with van der Waals surface area (Å²) >= 11 is 0. The van der Waals surface area contributed by atoms with E-state index in [9.17, 15) is 19.5 Å². The summed E-state index contributed by atoms with van der Waals surface area (Å²) < 4.78 is 10.4. The van der Waals surface area contributed by atoms with E-state index >= 15 is 0 Å². The Kier molecular flexibility index (Phi) is 5.93. The molecule has 2 rings (SSSR count). The van der Waals surface area contributed by atoms with Crippen LogP contribution >= 0.6 is 0 Å². The zero-order valence-electron chi connectivity index (χ0n) is 14.2. The van der Waals surface area contributed by atoms with Crippen molar-refractivity contribution in [3.05, 3.63) is 42.5 Å². The Hall–Kier alpha value is -2.67. The third kappa shape index (κ3) is 5.15. The van der Waals surface area contributed by atoms with Crippen molar-refractivity contribution in [3.8, 4) is 5.75 Å². The van der Waals surface area contributed by atoms with Gasteiger partial charge in [0.2, 0.25) is 0 Å². The molecule has 1 heterocycles. The van der Waals surface area contributed by atoms with Crippen LogP contribution < -0.4 is 4.74 Å². The molecule has 0 fully saturated rings. The summed E-state index contributed by atoms with van der Waals surface area (Å²) in [6.07, 6.45) is 1.18. The standard InChI is InChI=1S/C18H21NO6/c1-18(2,19-15(21)8-9-16(19)22)10-17(23)25-12-13(20)11-24-14-6-4-3-5-7-14/h3-9,13,20H,10-12H2,1-2H3. The van der Waals surface area contributed by atoms with Gasteiger partial charge in [-0.15, -0.1) is 0 Å². The molecule has 0 aliphatic carbocycles. The molecule has 0 saturated carbocycles. The summed E-state index contributed by atoms with van der Waals surface area (Å²) in [5.41, 5.74) is -1.01. The number of hydrogen-bond acceptors (Lipinski definition) is 6. The first-order valence-electron chi connectivity index (χ1n) is 7.87. The van der Waals surface area contributed by atoms with Crippen molar-refractivity contribution in [2.24, 2.45) is 0 Å². The van der Waals surface area contributed by atoms with Crippen LogP contribution in [0.5, 0.6) is 5.75 Å². The van der Waals surface area contributed by atoms with E-state index in [1.54, 1.807) is 38.1 Å². The quantitative estimate of drug-likeness (QED) is 0.558. The van der Waals surface area contributed by atoms with Gasteiger partial charge in [0.25, 0.3) is 11.8 Å². The molecule has 1 unspecified atom stereocenters. The second kappa shape index (κ2) is 7.94. The van der Waals surface area contributed by atoms with Crippen molar-refractivity contribution in [3.63, 3.8) is 0 Å². The molecule has 0 spiro atoms. The molecular weight excluding hydrogens is 326 g/mol. The van der Waals surface area contributed by atoms with Crippen molar-refractivity contribution in [1.82, 2.24) is 4.90 Å². The minimum atomic E-state index is -1.01. The number of aliphatic hydroxyl groups is 1. The molecule has 1 aliphatic rings. The second-order valence-corrected chi connectivity index (χ2v) is 6.30. The van der Waals surface area contributed by atoms with Crippen molar-refractivity contribution in [2.45, 2.75) is 31.9 Å². The third-order valence-corrected chi connectivity index (χ3v) is 3.61. The molecule has 1 aromatic rings. The number of amides is 2. The lowest BCUT2D eigenvalue weighted by Gasteiger charge is -2.32.